The van der Waals surface area contributed by atoms with Crippen molar-refractivity contribution in [2.24, 2.45) is 11.1 Å². The lowest BCUT2D eigenvalue weighted by Crippen LogP contribution is -2.32. The zero-order chi connectivity index (χ0) is 14.1. The van der Waals surface area contributed by atoms with Gasteiger partial charge in [-0.05, 0) is 45.5 Å². The third-order valence-corrected chi connectivity index (χ3v) is 4.68. The van der Waals surface area contributed by atoms with E-state index < -0.39 is 0 Å². The Balaban J connectivity index is 2.14. The van der Waals surface area contributed by atoms with Crippen molar-refractivity contribution in [2.45, 2.75) is 31.6 Å². The summed E-state index contributed by atoms with van der Waals surface area (Å²) in [5.41, 5.74) is 6.53. The highest BCUT2D eigenvalue weighted by Crippen LogP contribution is 2.66. The number of carbonyl (C=O) groups excluding carboxylic acids is 1. The highest BCUT2D eigenvalue weighted by molar-refractivity contribution is 5.87. The van der Waals surface area contributed by atoms with Crippen molar-refractivity contribution in [3.63, 3.8) is 0 Å². The fraction of sp³-hybridized carbons (Fsp3) is 0.562. The predicted octanol–water partition coefficient (Wildman–Crippen LogP) is 2.16. The number of hydrogen-bond donors (Lipinski definition) is 1. The summed E-state index contributed by atoms with van der Waals surface area (Å²) in [6.45, 7) is 3.17. The maximum absolute atomic E-state index is 12.0. The van der Waals surface area contributed by atoms with Gasteiger partial charge in [0.05, 0.1) is 5.41 Å². The molecule has 104 valence electrons. The molecule has 2 N–H and O–H groups in total. The summed E-state index contributed by atoms with van der Waals surface area (Å²) < 4.78 is 0. The van der Waals surface area contributed by atoms with Crippen LogP contribution in [0.1, 0.15) is 31.7 Å². The Morgan fingerprint density at radius 1 is 1.32 bits per heavy atom. The number of amides is 1. The van der Waals surface area contributed by atoms with Gasteiger partial charge in [-0.3, -0.25) is 4.79 Å². The second-order valence-electron chi connectivity index (χ2n) is 6.23. The van der Waals surface area contributed by atoms with Crippen molar-refractivity contribution in [2.75, 3.05) is 20.6 Å². The Morgan fingerprint density at radius 3 is 2.47 bits per heavy atom. The zero-order valence-corrected chi connectivity index (χ0v) is 12.1. The maximum atomic E-state index is 12.0. The molecule has 0 spiro atoms. The van der Waals surface area contributed by atoms with E-state index in [-0.39, 0.29) is 16.7 Å². The molecule has 0 radical (unpaired) electrons. The molecule has 1 fully saturated rings. The molecule has 0 saturated heterocycles. The summed E-state index contributed by atoms with van der Waals surface area (Å²) in [5.74, 6) is -0.141. The SMILES string of the molecule is CN(C)CCCC1(C(N)=O)CC1(C)c1ccccc1. The largest absolute Gasteiger partial charge is 0.369 e. The van der Waals surface area contributed by atoms with Crippen LogP contribution in [-0.4, -0.2) is 31.4 Å². The zero-order valence-electron chi connectivity index (χ0n) is 12.1. The van der Waals surface area contributed by atoms with Gasteiger partial charge < -0.3 is 10.6 Å². The highest BCUT2D eigenvalue weighted by atomic mass is 16.1. The van der Waals surface area contributed by atoms with Crippen LogP contribution >= 0.6 is 0 Å². The smallest absolute Gasteiger partial charge is 0.224 e. The number of benzene rings is 1. The van der Waals surface area contributed by atoms with Crippen molar-refractivity contribution >= 4 is 5.91 Å². The summed E-state index contributed by atoms with van der Waals surface area (Å²) in [6, 6.07) is 10.3. The topological polar surface area (TPSA) is 46.3 Å². The predicted molar refractivity (Wildman–Crippen MR) is 77.8 cm³/mol. The van der Waals surface area contributed by atoms with Crippen LogP contribution in [-0.2, 0) is 10.2 Å². The van der Waals surface area contributed by atoms with E-state index in [1.165, 1.54) is 5.56 Å². The molecule has 3 nitrogen and oxygen atoms in total. The minimum atomic E-state index is -0.343. The minimum Gasteiger partial charge on any atom is -0.369 e. The lowest BCUT2D eigenvalue weighted by molar-refractivity contribution is -0.124. The van der Waals surface area contributed by atoms with Crippen LogP contribution in [0.25, 0.3) is 0 Å². The molecular formula is C16H24N2O. The van der Waals surface area contributed by atoms with E-state index in [0.29, 0.717) is 0 Å². The van der Waals surface area contributed by atoms with E-state index in [2.05, 4.69) is 38.1 Å². The van der Waals surface area contributed by atoms with Gasteiger partial charge in [0.2, 0.25) is 5.91 Å². The van der Waals surface area contributed by atoms with E-state index in [9.17, 15) is 4.79 Å². The van der Waals surface area contributed by atoms with Crippen LogP contribution in [0.3, 0.4) is 0 Å². The molecule has 1 amide bonds. The van der Waals surface area contributed by atoms with Gasteiger partial charge >= 0.3 is 0 Å². The molecule has 1 aromatic rings. The van der Waals surface area contributed by atoms with Gasteiger partial charge in [-0.15, -0.1) is 0 Å². The summed E-state index contributed by atoms with van der Waals surface area (Å²) in [4.78, 5) is 14.1. The number of nitrogens with zero attached hydrogens (tertiary/aromatic N) is 1. The summed E-state index contributed by atoms with van der Waals surface area (Å²) in [6.07, 6.45) is 2.77. The summed E-state index contributed by atoms with van der Waals surface area (Å²) in [5, 5.41) is 0. The molecule has 1 aliphatic rings. The lowest BCUT2D eigenvalue weighted by Gasteiger charge is -2.21. The number of hydrogen-bond acceptors (Lipinski definition) is 2. The summed E-state index contributed by atoms with van der Waals surface area (Å²) >= 11 is 0. The van der Waals surface area contributed by atoms with E-state index in [1.54, 1.807) is 0 Å². The lowest BCUT2D eigenvalue weighted by atomic mass is 9.84. The van der Waals surface area contributed by atoms with Gasteiger partial charge in [0.1, 0.15) is 0 Å². The molecule has 3 heteroatoms. The Labute approximate surface area is 115 Å². The molecule has 2 unspecified atom stereocenters. The molecule has 2 rings (SSSR count). The number of carbonyl (C=O) groups is 1. The first-order valence-electron chi connectivity index (χ1n) is 6.92. The third kappa shape index (κ3) is 2.39. The van der Waals surface area contributed by atoms with E-state index >= 15 is 0 Å². The fourth-order valence-electron chi connectivity index (χ4n) is 3.29. The summed E-state index contributed by atoms with van der Waals surface area (Å²) in [7, 11) is 4.11. The van der Waals surface area contributed by atoms with Crippen molar-refractivity contribution in [1.82, 2.24) is 4.90 Å². The quantitative estimate of drug-likeness (QED) is 0.852. The molecule has 0 aromatic heterocycles. The molecule has 0 heterocycles. The fourth-order valence-corrected chi connectivity index (χ4v) is 3.29. The first-order valence-corrected chi connectivity index (χ1v) is 6.92. The second-order valence-corrected chi connectivity index (χ2v) is 6.23. The molecular weight excluding hydrogens is 236 g/mol. The van der Waals surface area contributed by atoms with Crippen LogP contribution < -0.4 is 5.73 Å². The molecule has 1 aliphatic carbocycles. The molecule has 19 heavy (non-hydrogen) atoms. The van der Waals surface area contributed by atoms with Gasteiger partial charge in [-0.25, -0.2) is 0 Å². The Hall–Kier alpha value is -1.35. The van der Waals surface area contributed by atoms with Gasteiger partial charge in [-0.2, -0.15) is 0 Å². The average Bonchev–Trinajstić information content (AvgIpc) is 2.99. The van der Waals surface area contributed by atoms with Crippen LogP contribution in [0.4, 0.5) is 0 Å². The maximum Gasteiger partial charge on any atom is 0.224 e. The Morgan fingerprint density at radius 2 is 1.95 bits per heavy atom. The van der Waals surface area contributed by atoms with Gasteiger partial charge in [0.25, 0.3) is 0 Å². The molecule has 0 bridgehead atoms. The average molecular weight is 260 g/mol. The van der Waals surface area contributed by atoms with Crippen LogP contribution in [0.2, 0.25) is 0 Å². The third-order valence-electron chi connectivity index (χ3n) is 4.68. The second kappa shape index (κ2) is 4.97. The number of rotatable bonds is 6. The van der Waals surface area contributed by atoms with Crippen molar-refractivity contribution in [3.8, 4) is 0 Å². The van der Waals surface area contributed by atoms with E-state index in [1.807, 2.05) is 18.2 Å². The minimum absolute atomic E-state index is 0.0770. The van der Waals surface area contributed by atoms with Crippen molar-refractivity contribution < 1.29 is 4.79 Å². The van der Waals surface area contributed by atoms with E-state index in [0.717, 1.165) is 25.8 Å². The van der Waals surface area contributed by atoms with Gasteiger partial charge in [-0.1, -0.05) is 37.3 Å². The molecule has 1 aromatic carbocycles. The first-order chi connectivity index (χ1) is 8.92. The number of primary amides is 1. The molecule has 2 atom stereocenters. The normalized spacial score (nSPS) is 29.5. The van der Waals surface area contributed by atoms with Crippen LogP contribution in [0, 0.1) is 5.41 Å². The van der Waals surface area contributed by atoms with Crippen LogP contribution in [0.5, 0.6) is 0 Å². The van der Waals surface area contributed by atoms with Gasteiger partial charge in [0.15, 0.2) is 0 Å². The number of nitrogens with two attached hydrogens (primary N) is 1. The standard InChI is InChI=1S/C16H24N2O/c1-15(13-8-5-4-6-9-13)12-16(15,14(17)19)10-7-11-18(2)3/h4-6,8-9H,7,10-12H2,1-3H3,(H2,17,19). The first kappa shape index (κ1) is 14.1. The monoisotopic (exact) mass is 260 g/mol. The van der Waals surface area contributed by atoms with Crippen LogP contribution in [0.15, 0.2) is 30.3 Å². The highest BCUT2D eigenvalue weighted by Gasteiger charge is 2.68. The Bertz CT molecular complexity index is 457. The van der Waals surface area contributed by atoms with Crippen molar-refractivity contribution in [1.29, 1.82) is 0 Å². The molecule has 1 saturated carbocycles. The van der Waals surface area contributed by atoms with Crippen molar-refractivity contribution in [3.05, 3.63) is 35.9 Å². The molecule has 0 aliphatic heterocycles. The Kier molecular flexibility index (Phi) is 3.68. The van der Waals surface area contributed by atoms with E-state index in [4.69, 9.17) is 5.73 Å². The van der Waals surface area contributed by atoms with Gasteiger partial charge in [0, 0.05) is 5.41 Å².